The SMILES string of the molecule is CNCC(CCc1scnc1C)C(C)(C)C. The number of nitrogens with one attached hydrogen (secondary N) is 1. The maximum atomic E-state index is 4.31. The zero-order valence-corrected chi connectivity index (χ0v) is 11.9. The van der Waals surface area contributed by atoms with Crippen LogP contribution in [0.25, 0.3) is 0 Å². The van der Waals surface area contributed by atoms with Crippen LogP contribution in [0, 0.1) is 18.3 Å². The first-order chi connectivity index (χ1) is 7.45. The summed E-state index contributed by atoms with van der Waals surface area (Å²) in [4.78, 5) is 5.76. The largest absolute Gasteiger partial charge is 0.319 e. The molecule has 0 amide bonds. The topological polar surface area (TPSA) is 24.9 Å². The zero-order valence-electron chi connectivity index (χ0n) is 11.1. The fourth-order valence-corrected chi connectivity index (χ4v) is 2.76. The van der Waals surface area contributed by atoms with Gasteiger partial charge >= 0.3 is 0 Å². The van der Waals surface area contributed by atoms with Crippen LogP contribution in [0.15, 0.2) is 5.51 Å². The Hall–Kier alpha value is -0.410. The van der Waals surface area contributed by atoms with E-state index in [2.05, 4.69) is 38.0 Å². The van der Waals surface area contributed by atoms with Crippen molar-refractivity contribution >= 4 is 11.3 Å². The second kappa shape index (κ2) is 5.78. The molecule has 1 heterocycles. The average molecular weight is 240 g/mol. The third kappa shape index (κ3) is 3.87. The van der Waals surface area contributed by atoms with E-state index in [4.69, 9.17) is 0 Å². The maximum absolute atomic E-state index is 4.31. The maximum Gasteiger partial charge on any atom is 0.0797 e. The lowest BCUT2D eigenvalue weighted by molar-refractivity contribution is 0.223. The Morgan fingerprint density at radius 1 is 1.44 bits per heavy atom. The predicted octanol–water partition coefficient (Wildman–Crippen LogP) is 3.27. The Morgan fingerprint density at radius 2 is 2.12 bits per heavy atom. The van der Waals surface area contributed by atoms with Crippen LogP contribution >= 0.6 is 11.3 Å². The van der Waals surface area contributed by atoms with Gasteiger partial charge in [-0.15, -0.1) is 11.3 Å². The van der Waals surface area contributed by atoms with Gasteiger partial charge in [-0.05, 0) is 44.7 Å². The number of aryl methyl sites for hydroxylation is 2. The summed E-state index contributed by atoms with van der Waals surface area (Å²) in [6.45, 7) is 10.2. The number of aromatic nitrogens is 1. The molecule has 1 aromatic heterocycles. The molecule has 1 unspecified atom stereocenters. The fraction of sp³-hybridized carbons (Fsp3) is 0.769. The van der Waals surface area contributed by atoms with E-state index >= 15 is 0 Å². The minimum Gasteiger partial charge on any atom is -0.319 e. The standard InChI is InChI=1S/C13H24N2S/c1-10-12(16-9-15-10)7-6-11(8-14-5)13(2,3)4/h9,11,14H,6-8H2,1-5H3. The lowest BCUT2D eigenvalue weighted by Crippen LogP contribution is -2.30. The Kier molecular flexibility index (Phi) is 4.93. The molecular weight excluding hydrogens is 216 g/mol. The molecular formula is C13H24N2S. The minimum absolute atomic E-state index is 0.377. The van der Waals surface area contributed by atoms with Gasteiger partial charge in [0.1, 0.15) is 0 Å². The normalized spacial score (nSPS) is 14.1. The van der Waals surface area contributed by atoms with Crippen LogP contribution in [0.5, 0.6) is 0 Å². The van der Waals surface area contributed by atoms with E-state index in [-0.39, 0.29) is 0 Å². The van der Waals surface area contributed by atoms with Crippen molar-refractivity contribution in [2.24, 2.45) is 11.3 Å². The minimum atomic E-state index is 0.377. The smallest absolute Gasteiger partial charge is 0.0797 e. The van der Waals surface area contributed by atoms with Crippen molar-refractivity contribution in [1.82, 2.24) is 10.3 Å². The lowest BCUT2D eigenvalue weighted by atomic mass is 9.78. The van der Waals surface area contributed by atoms with Gasteiger partial charge in [-0.25, -0.2) is 4.98 Å². The molecule has 1 aromatic rings. The van der Waals surface area contributed by atoms with Gasteiger partial charge in [-0.3, -0.25) is 0 Å². The van der Waals surface area contributed by atoms with E-state index in [9.17, 15) is 0 Å². The van der Waals surface area contributed by atoms with E-state index in [1.165, 1.54) is 23.4 Å². The van der Waals surface area contributed by atoms with Crippen molar-refractivity contribution in [2.75, 3.05) is 13.6 Å². The highest BCUT2D eigenvalue weighted by Crippen LogP contribution is 2.30. The number of thiazole rings is 1. The van der Waals surface area contributed by atoms with Crippen LogP contribution in [0.4, 0.5) is 0 Å². The van der Waals surface area contributed by atoms with Crippen LogP contribution in [-0.4, -0.2) is 18.6 Å². The Bertz CT molecular complexity index is 312. The van der Waals surface area contributed by atoms with Gasteiger partial charge < -0.3 is 5.32 Å². The van der Waals surface area contributed by atoms with Gasteiger partial charge in [0.15, 0.2) is 0 Å². The average Bonchev–Trinajstić information content (AvgIpc) is 2.57. The highest BCUT2D eigenvalue weighted by molar-refractivity contribution is 7.09. The van der Waals surface area contributed by atoms with Crippen LogP contribution in [0.3, 0.4) is 0 Å². The van der Waals surface area contributed by atoms with E-state index in [1.807, 2.05) is 12.6 Å². The van der Waals surface area contributed by atoms with Crippen molar-refractivity contribution in [3.05, 3.63) is 16.1 Å². The van der Waals surface area contributed by atoms with Gasteiger partial charge in [0.25, 0.3) is 0 Å². The zero-order chi connectivity index (χ0) is 12.2. The molecule has 1 rings (SSSR count). The molecule has 0 saturated heterocycles. The van der Waals surface area contributed by atoms with Crippen LogP contribution in [-0.2, 0) is 6.42 Å². The number of hydrogen-bond acceptors (Lipinski definition) is 3. The van der Waals surface area contributed by atoms with E-state index < -0.39 is 0 Å². The number of rotatable bonds is 5. The van der Waals surface area contributed by atoms with Crippen molar-refractivity contribution < 1.29 is 0 Å². The molecule has 92 valence electrons. The van der Waals surface area contributed by atoms with Crippen molar-refractivity contribution in [3.8, 4) is 0 Å². The summed E-state index contributed by atoms with van der Waals surface area (Å²) in [6.07, 6.45) is 2.41. The number of hydrogen-bond donors (Lipinski definition) is 1. The third-order valence-corrected chi connectivity index (χ3v) is 4.23. The quantitative estimate of drug-likeness (QED) is 0.854. The Balaban J connectivity index is 2.54. The summed E-state index contributed by atoms with van der Waals surface area (Å²) in [5, 5.41) is 3.31. The molecule has 0 saturated carbocycles. The molecule has 1 atom stereocenters. The summed E-state index contributed by atoms with van der Waals surface area (Å²) >= 11 is 1.79. The molecule has 0 bridgehead atoms. The van der Waals surface area contributed by atoms with Gasteiger partial charge in [-0.1, -0.05) is 20.8 Å². The molecule has 0 spiro atoms. The van der Waals surface area contributed by atoms with Gasteiger partial charge in [-0.2, -0.15) is 0 Å². The van der Waals surface area contributed by atoms with Crippen molar-refractivity contribution in [3.63, 3.8) is 0 Å². The first kappa shape index (κ1) is 13.7. The molecule has 0 radical (unpaired) electrons. The molecule has 2 nitrogen and oxygen atoms in total. The molecule has 0 aliphatic heterocycles. The summed E-state index contributed by atoms with van der Waals surface area (Å²) in [6, 6.07) is 0. The first-order valence-electron chi connectivity index (χ1n) is 5.98. The summed E-state index contributed by atoms with van der Waals surface area (Å²) < 4.78 is 0. The highest BCUT2D eigenvalue weighted by atomic mass is 32.1. The van der Waals surface area contributed by atoms with E-state index in [0.717, 1.165) is 12.5 Å². The summed E-state index contributed by atoms with van der Waals surface area (Å²) in [5.41, 5.74) is 3.54. The Morgan fingerprint density at radius 3 is 2.56 bits per heavy atom. The lowest BCUT2D eigenvalue weighted by Gasteiger charge is -2.30. The molecule has 3 heteroatoms. The molecule has 1 N–H and O–H groups in total. The second-order valence-corrected chi connectivity index (χ2v) is 6.46. The summed E-state index contributed by atoms with van der Waals surface area (Å²) in [7, 11) is 2.04. The van der Waals surface area contributed by atoms with E-state index in [0.29, 0.717) is 5.41 Å². The van der Waals surface area contributed by atoms with E-state index in [1.54, 1.807) is 11.3 Å². The predicted molar refractivity (Wildman–Crippen MR) is 72.0 cm³/mol. The molecule has 0 aliphatic carbocycles. The molecule has 0 fully saturated rings. The Labute approximate surface area is 103 Å². The monoisotopic (exact) mass is 240 g/mol. The molecule has 0 aliphatic rings. The molecule has 16 heavy (non-hydrogen) atoms. The highest BCUT2D eigenvalue weighted by Gasteiger charge is 2.23. The van der Waals surface area contributed by atoms with Crippen LogP contribution < -0.4 is 5.32 Å². The second-order valence-electron chi connectivity index (χ2n) is 5.52. The van der Waals surface area contributed by atoms with Crippen molar-refractivity contribution in [1.29, 1.82) is 0 Å². The van der Waals surface area contributed by atoms with Crippen LogP contribution in [0.1, 0.15) is 37.8 Å². The summed E-state index contributed by atoms with van der Waals surface area (Å²) in [5.74, 6) is 0.721. The van der Waals surface area contributed by atoms with Crippen molar-refractivity contribution in [2.45, 2.75) is 40.5 Å². The fourth-order valence-electron chi connectivity index (χ4n) is 1.96. The third-order valence-electron chi connectivity index (χ3n) is 3.24. The van der Waals surface area contributed by atoms with Gasteiger partial charge in [0.05, 0.1) is 11.2 Å². The van der Waals surface area contributed by atoms with Gasteiger partial charge in [0, 0.05) is 4.88 Å². The van der Waals surface area contributed by atoms with Gasteiger partial charge in [0.2, 0.25) is 0 Å². The molecule has 0 aromatic carbocycles. The first-order valence-corrected chi connectivity index (χ1v) is 6.86. The van der Waals surface area contributed by atoms with Crippen LogP contribution in [0.2, 0.25) is 0 Å². The number of nitrogens with zero attached hydrogens (tertiary/aromatic N) is 1.